The molecule has 2 N–H and O–H groups in total. The number of benzene rings is 1. The van der Waals surface area contributed by atoms with Crippen molar-refractivity contribution in [3.05, 3.63) is 35.9 Å². The standard InChI is InChI=1S/C13H19NO/c1-4-10(2)12(15)13(3,14)11-8-6-5-7-9-11/h5-10H,4,14H2,1-3H3. The Morgan fingerprint density at radius 3 is 2.40 bits per heavy atom. The van der Waals surface area contributed by atoms with Crippen molar-refractivity contribution < 1.29 is 4.79 Å². The Labute approximate surface area is 91.5 Å². The van der Waals surface area contributed by atoms with Gasteiger partial charge >= 0.3 is 0 Å². The first-order valence-corrected chi connectivity index (χ1v) is 5.38. The van der Waals surface area contributed by atoms with Crippen LogP contribution in [0.5, 0.6) is 0 Å². The SMILES string of the molecule is CCC(C)C(=O)C(C)(N)c1ccccc1. The fraction of sp³-hybridized carbons (Fsp3) is 0.462. The Balaban J connectivity index is 2.98. The zero-order valence-corrected chi connectivity index (χ0v) is 9.66. The Bertz CT molecular complexity index is 330. The van der Waals surface area contributed by atoms with Crippen molar-refractivity contribution >= 4 is 5.78 Å². The summed E-state index contributed by atoms with van der Waals surface area (Å²) < 4.78 is 0. The van der Waals surface area contributed by atoms with Crippen LogP contribution in [0.15, 0.2) is 30.3 Å². The van der Waals surface area contributed by atoms with Crippen molar-refractivity contribution in [3.8, 4) is 0 Å². The van der Waals surface area contributed by atoms with E-state index in [1.165, 1.54) is 0 Å². The smallest absolute Gasteiger partial charge is 0.159 e. The second-order valence-electron chi connectivity index (χ2n) is 4.24. The molecule has 1 aromatic carbocycles. The molecule has 2 atom stereocenters. The summed E-state index contributed by atoms with van der Waals surface area (Å²) in [7, 11) is 0. The highest BCUT2D eigenvalue weighted by molar-refractivity contribution is 5.90. The lowest BCUT2D eigenvalue weighted by atomic mass is 9.82. The van der Waals surface area contributed by atoms with E-state index in [1.54, 1.807) is 6.92 Å². The van der Waals surface area contributed by atoms with Crippen LogP contribution in [0, 0.1) is 5.92 Å². The van der Waals surface area contributed by atoms with Crippen molar-refractivity contribution in [2.24, 2.45) is 11.7 Å². The van der Waals surface area contributed by atoms with E-state index in [4.69, 9.17) is 5.73 Å². The van der Waals surface area contributed by atoms with Gasteiger partial charge in [0.05, 0.1) is 5.54 Å². The molecule has 2 heteroatoms. The normalized spacial score (nSPS) is 16.8. The average molecular weight is 205 g/mol. The highest BCUT2D eigenvalue weighted by atomic mass is 16.1. The fourth-order valence-electron chi connectivity index (χ4n) is 1.62. The fourth-order valence-corrected chi connectivity index (χ4v) is 1.62. The van der Waals surface area contributed by atoms with Crippen LogP contribution < -0.4 is 5.73 Å². The average Bonchev–Trinajstić information content (AvgIpc) is 2.28. The van der Waals surface area contributed by atoms with Gasteiger partial charge in [0.25, 0.3) is 0 Å². The Morgan fingerprint density at radius 1 is 1.40 bits per heavy atom. The first kappa shape index (κ1) is 11.9. The highest BCUT2D eigenvalue weighted by Crippen LogP contribution is 2.23. The molecule has 15 heavy (non-hydrogen) atoms. The van der Waals surface area contributed by atoms with Gasteiger partial charge in [-0.25, -0.2) is 0 Å². The van der Waals surface area contributed by atoms with Crippen molar-refractivity contribution in [3.63, 3.8) is 0 Å². The maximum absolute atomic E-state index is 12.1. The van der Waals surface area contributed by atoms with E-state index in [2.05, 4.69) is 0 Å². The van der Waals surface area contributed by atoms with Gasteiger partial charge in [0.2, 0.25) is 0 Å². The second-order valence-corrected chi connectivity index (χ2v) is 4.24. The van der Waals surface area contributed by atoms with E-state index < -0.39 is 5.54 Å². The van der Waals surface area contributed by atoms with Gasteiger partial charge in [0.15, 0.2) is 5.78 Å². The van der Waals surface area contributed by atoms with Gasteiger partial charge in [-0.05, 0) is 18.9 Å². The van der Waals surface area contributed by atoms with Crippen molar-refractivity contribution in [1.29, 1.82) is 0 Å². The Morgan fingerprint density at radius 2 is 1.93 bits per heavy atom. The highest BCUT2D eigenvalue weighted by Gasteiger charge is 2.32. The quantitative estimate of drug-likeness (QED) is 0.820. The van der Waals surface area contributed by atoms with E-state index >= 15 is 0 Å². The summed E-state index contributed by atoms with van der Waals surface area (Å²) in [5.41, 5.74) is 6.13. The van der Waals surface area contributed by atoms with Crippen molar-refractivity contribution in [1.82, 2.24) is 0 Å². The topological polar surface area (TPSA) is 43.1 Å². The van der Waals surface area contributed by atoms with Crippen LogP contribution >= 0.6 is 0 Å². The zero-order chi connectivity index (χ0) is 11.5. The minimum absolute atomic E-state index is 0.0141. The predicted octanol–water partition coefficient (Wildman–Crippen LogP) is 2.48. The molecule has 1 rings (SSSR count). The van der Waals surface area contributed by atoms with Gasteiger partial charge in [-0.3, -0.25) is 4.79 Å². The minimum atomic E-state index is -0.864. The number of ketones is 1. The lowest BCUT2D eigenvalue weighted by Crippen LogP contribution is -2.44. The molecule has 0 aliphatic heterocycles. The molecule has 0 amide bonds. The van der Waals surface area contributed by atoms with E-state index in [0.717, 1.165) is 12.0 Å². The number of rotatable bonds is 4. The third kappa shape index (κ3) is 2.45. The van der Waals surface area contributed by atoms with Crippen LogP contribution in [-0.4, -0.2) is 5.78 Å². The summed E-state index contributed by atoms with van der Waals surface area (Å²) >= 11 is 0. The van der Waals surface area contributed by atoms with E-state index in [-0.39, 0.29) is 11.7 Å². The molecular weight excluding hydrogens is 186 g/mol. The molecule has 0 heterocycles. The maximum atomic E-state index is 12.1. The molecular formula is C13H19NO. The number of nitrogens with two attached hydrogens (primary N) is 1. The van der Waals surface area contributed by atoms with Crippen LogP contribution in [0.25, 0.3) is 0 Å². The Kier molecular flexibility index (Phi) is 3.64. The van der Waals surface area contributed by atoms with Gasteiger partial charge in [-0.2, -0.15) is 0 Å². The first-order valence-electron chi connectivity index (χ1n) is 5.38. The predicted molar refractivity (Wildman–Crippen MR) is 62.4 cm³/mol. The van der Waals surface area contributed by atoms with Crippen molar-refractivity contribution in [2.45, 2.75) is 32.7 Å². The molecule has 0 spiro atoms. The van der Waals surface area contributed by atoms with E-state index in [9.17, 15) is 4.79 Å². The lowest BCUT2D eigenvalue weighted by molar-refractivity contribution is -0.127. The first-order chi connectivity index (χ1) is 7.00. The summed E-state index contributed by atoms with van der Waals surface area (Å²) in [6, 6.07) is 9.54. The molecule has 0 aromatic heterocycles. The van der Waals surface area contributed by atoms with Crippen molar-refractivity contribution in [2.75, 3.05) is 0 Å². The van der Waals surface area contributed by atoms with E-state index in [0.29, 0.717) is 0 Å². The van der Waals surface area contributed by atoms with Crippen LogP contribution in [-0.2, 0) is 10.3 Å². The number of hydrogen-bond donors (Lipinski definition) is 1. The monoisotopic (exact) mass is 205 g/mol. The summed E-state index contributed by atoms with van der Waals surface area (Å²) in [6.07, 6.45) is 0.832. The largest absolute Gasteiger partial charge is 0.315 e. The summed E-state index contributed by atoms with van der Waals surface area (Å²) in [5, 5.41) is 0. The number of carbonyl (C=O) groups excluding carboxylic acids is 1. The summed E-state index contributed by atoms with van der Waals surface area (Å²) in [4.78, 5) is 12.1. The van der Waals surface area contributed by atoms with Crippen LogP contribution in [0.1, 0.15) is 32.8 Å². The molecule has 0 saturated carbocycles. The second kappa shape index (κ2) is 4.58. The molecule has 2 nitrogen and oxygen atoms in total. The molecule has 82 valence electrons. The Hall–Kier alpha value is -1.15. The molecule has 0 aliphatic carbocycles. The van der Waals surface area contributed by atoms with E-state index in [1.807, 2.05) is 44.2 Å². The van der Waals surface area contributed by atoms with Gasteiger partial charge in [0.1, 0.15) is 0 Å². The number of hydrogen-bond acceptors (Lipinski definition) is 2. The van der Waals surface area contributed by atoms with Gasteiger partial charge in [-0.1, -0.05) is 44.2 Å². The molecule has 0 radical (unpaired) electrons. The van der Waals surface area contributed by atoms with Crippen LogP contribution in [0.4, 0.5) is 0 Å². The van der Waals surface area contributed by atoms with Gasteiger partial charge in [0, 0.05) is 5.92 Å². The molecule has 0 fully saturated rings. The third-order valence-electron chi connectivity index (χ3n) is 2.95. The molecule has 1 aromatic rings. The number of carbonyl (C=O) groups is 1. The lowest BCUT2D eigenvalue weighted by Gasteiger charge is -2.26. The van der Waals surface area contributed by atoms with Gasteiger partial charge < -0.3 is 5.73 Å². The van der Waals surface area contributed by atoms with Gasteiger partial charge in [-0.15, -0.1) is 0 Å². The number of Topliss-reactive ketones (excluding diaryl/α,β-unsaturated/α-hetero) is 1. The minimum Gasteiger partial charge on any atom is -0.315 e. The molecule has 2 unspecified atom stereocenters. The third-order valence-corrected chi connectivity index (χ3v) is 2.95. The maximum Gasteiger partial charge on any atom is 0.159 e. The summed E-state index contributed by atoms with van der Waals surface area (Å²) in [6.45, 7) is 5.72. The molecule has 0 bridgehead atoms. The zero-order valence-electron chi connectivity index (χ0n) is 9.66. The molecule has 0 saturated heterocycles. The summed E-state index contributed by atoms with van der Waals surface area (Å²) in [5.74, 6) is 0.122. The van der Waals surface area contributed by atoms with Crippen LogP contribution in [0.3, 0.4) is 0 Å². The molecule has 0 aliphatic rings. The van der Waals surface area contributed by atoms with Crippen LogP contribution in [0.2, 0.25) is 0 Å².